The highest BCUT2D eigenvalue weighted by molar-refractivity contribution is 5.81. The second-order valence-electron chi connectivity index (χ2n) is 16.7. The molecule has 5 atom stereocenters. The molecule has 0 bridgehead atoms. The fourth-order valence-corrected chi connectivity index (χ4v) is 9.79. The van der Waals surface area contributed by atoms with Gasteiger partial charge in [0, 0.05) is 25.0 Å². The van der Waals surface area contributed by atoms with Crippen molar-refractivity contribution in [2.24, 2.45) is 11.8 Å². The topological polar surface area (TPSA) is 172 Å². The van der Waals surface area contributed by atoms with Crippen LogP contribution in [0.1, 0.15) is 115 Å². The molecule has 2 aliphatic heterocycles. The summed E-state index contributed by atoms with van der Waals surface area (Å²) in [5, 5.41) is 36.5. The van der Waals surface area contributed by atoms with E-state index in [1.807, 2.05) is 0 Å². The summed E-state index contributed by atoms with van der Waals surface area (Å²) in [6, 6.07) is 9.51. The quantitative estimate of drug-likeness (QED) is 0.173. The van der Waals surface area contributed by atoms with E-state index in [0.29, 0.717) is 41.7 Å². The molecule has 4 fully saturated rings. The van der Waals surface area contributed by atoms with Gasteiger partial charge in [-0.3, -0.25) is 4.90 Å². The highest BCUT2D eigenvalue weighted by Gasteiger charge is 2.52. The molecule has 3 saturated carbocycles. The molecule has 6 N–H and O–H groups in total. The Hall–Kier alpha value is -3.50. The van der Waals surface area contributed by atoms with Crippen LogP contribution in [0.15, 0.2) is 24.5 Å². The van der Waals surface area contributed by atoms with Crippen LogP contribution in [0.2, 0.25) is 0 Å². The predicted octanol–water partition coefficient (Wildman–Crippen LogP) is 5.76. The zero-order valence-corrected chi connectivity index (χ0v) is 30.9. The molecule has 52 heavy (non-hydrogen) atoms. The Morgan fingerprint density at radius 3 is 2.50 bits per heavy atom. The molecule has 4 heterocycles. The van der Waals surface area contributed by atoms with E-state index in [0.717, 1.165) is 80.2 Å². The SMILES string of the molecule is CC(C)N(C[C@H]1O[C@@H](N2c3ncnc(N)c3NC2C2CCCCCCCC2)[C@H](O)[C@@H]1O)C1CC(CCc2nc3cc(C4(C#N)CCC4)ccc3[nH]2)C1. The van der Waals surface area contributed by atoms with Crippen molar-refractivity contribution in [3.63, 3.8) is 0 Å². The Balaban J connectivity index is 0.904. The minimum atomic E-state index is -1.09. The summed E-state index contributed by atoms with van der Waals surface area (Å²) >= 11 is 0. The van der Waals surface area contributed by atoms with Gasteiger partial charge >= 0.3 is 0 Å². The number of imidazole rings is 1. The first kappa shape index (κ1) is 35.5. The highest BCUT2D eigenvalue weighted by atomic mass is 16.6. The maximum atomic E-state index is 11.6. The number of aromatic nitrogens is 4. The van der Waals surface area contributed by atoms with E-state index < -0.39 is 24.5 Å². The van der Waals surface area contributed by atoms with Gasteiger partial charge in [-0.15, -0.1) is 0 Å². The number of nitrogens with two attached hydrogens (primary N) is 1. The lowest BCUT2D eigenvalue weighted by molar-refractivity contribution is -0.0448. The summed E-state index contributed by atoms with van der Waals surface area (Å²) in [5.41, 5.74) is 9.81. The maximum Gasteiger partial charge on any atom is 0.162 e. The average Bonchev–Trinajstić information content (AvgIpc) is 3.79. The average molecular weight is 712 g/mol. The van der Waals surface area contributed by atoms with E-state index in [1.165, 1.54) is 44.9 Å². The zero-order chi connectivity index (χ0) is 36.0. The van der Waals surface area contributed by atoms with Crippen molar-refractivity contribution < 1.29 is 14.9 Å². The van der Waals surface area contributed by atoms with Gasteiger partial charge in [0.05, 0.1) is 22.5 Å². The van der Waals surface area contributed by atoms with Crippen LogP contribution in [0, 0.1) is 23.2 Å². The van der Waals surface area contributed by atoms with E-state index in [9.17, 15) is 15.5 Å². The zero-order valence-electron chi connectivity index (χ0n) is 30.9. The van der Waals surface area contributed by atoms with Crippen LogP contribution in [0.4, 0.5) is 17.3 Å². The molecule has 1 saturated heterocycles. The number of benzene rings is 1. The van der Waals surface area contributed by atoms with Crippen molar-refractivity contribution in [2.45, 2.75) is 158 Å². The number of H-pyrrole nitrogens is 1. The number of hydrogen-bond acceptors (Lipinski definition) is 11. The number of nitrogens with zero attached hydrogens (tertiary/aromatic N) is 6. The fourth-order valence-electron chi connectivity index (χ4n) is 9.79. The number of fused-ring (bicyclic) bond motifs is 2. The van der Waals surface area contributed by atoms with Crippen LogP contribution in [0.5, 0.6) is 0 Å². The summed E-state index contributed by atoms with van der Waals surface area (Å²) < 4.78 is 6.69. The van der Waals surface area contributed by atoms with Gasteiger partial charge in [0.15, 0.2) is 17.9 Å². The van der Waals surface area contributed by atoms with E-state index in [4.69, 9.17) is 15.5 Å². The van der Waals surface area contributed by atoms with Gasteiger partial charge in [0.2, 0.25) is 0 Å². The monoisotopic (exact) mass is 711 g/mol. The van der Waals surface area contributed by atoms with Crippen LogP contribution in [-0.2, 0) is 16.6 Å². The van der Waals surface area contributed by atoms with Crippen LogP contribution >= 0.6 is 0 Å². The lowest BCUT2D eigenvalue weighted by Crippen LogP contribution is -2.52. The third-order valence-corrected chi connectivity index (χ3v) is 13.2. The number of nitrogen functional groups attached to an aromatic ring is 1. The first-order valence-electron chi connectivity index (χ1n) is 20.1. The number of aromatic amines is 1. The molecule has 12 heteroatoms. The van der Waals surface area contributed by atoms with Gasteiger partial charge in [-0.05, 0) is 94.7 Å². The van der Waals surface area contributed by atoms with Crippen molar-refractivity contribution in [1.82, 2.24) is 24.8 Å². The van der Waals surface area contributed by atoms with E-state index in [1.54, 1.807) is 0 Å². The number of aliphatic hydroxyl groups is 2. The first-order chi connectivity index (χ1) is 25.2. The van der Waals surface area contributed by atoms with E-state index in [-0.39, 0.29) is 17.6 Å². The summed E-state index contributed by atoms with van der Waals surface area (Å²) in [4.78, 5) is 21.8. The standard InChI is InChI=1S/C40H57N9O3/c1-24(2)48(28-18-25(19-28)12-15-32-45-29-14-13-27(20-30(29)46-32)40(22-41)16-9-17-40)21-31-34(50)35(51)39(52-31)49-37(26-10-7-5-3-4-6-8-11-26)47-33-36(42)43-23-44-38(33)49/h13-14,20,23-26,28,31,34-35,37,39,47,50-51H,3-12,15-19,21H2,1-2H3,(H,45,46)(H2,42,43,44)/t25?,28?,31-,34-,35-,37?,39-/m1/s1. The summed E-state index contributed by atoms with van der Waals surface area (Å²) in [7, 11) is 0. The number of rotatable bonds is 10. The number of anilines is 3. The lowest BCUT2D eigenvalue weighted by atomic mass is 9.65. The van der Waals surface area contributed by atoms with Gasteiger partial charge in [-0.1, -0.05) is 44.6 Å². The molecule has 3 aromatic rings. The molecule has 2 aromatic heterocycles. The third kappa shape index (κ3) is 6.63. The van der Waals surface area contributed by atoms with Gasteiger partial charge in [-0.2, -0.15) is 5.26 Å². The van der Waals surface area contributed by atoms with Crippen LogP contribution in [0.25, 0.3) is 11.0 Å². The number of hydrogen-bond donors (Lipinski definition) is 5. The van der Waals surface area contributed by atoms with Crippen molar-refractivity contribution in [3.8, 4) is 6.07 Å². The Morgan fingerprint density at radius 1 is 1.06 bits per heavy atom. The lowest BCUT2D eigenvalue weighted by Gasteiger charge is -2.46. The molecule has 0 spiro atoms. The van der Waals surface area contributed by atoms with Gasteiger partial charge in [0.25, 0.3) is 0 Å². The molecule has 0 amide bonds. The second-order valence-corrected chi connectivity index (χ2v) is 16.7. The maximum absolute atomic E-state index is 11.6. The minimum Gasteiger partial charge on any atom is -0.387 e. The van der Waals surface area contributed by atoms with Gasteiger partial charge in [-0.25, -0.2) is 15.0 Å². The third-order valence-electron chi connectivity index (χ3n) is 13.2. The Bertz CT molecular complexity index is 1740. The summed E-state index contributed by atoms with van der Waals surface area (Å²) in [6.45, 7) is 4.96. The normalized spacial score (nSPS) is 30.6. The van der Waals surface area contributed by atoms with Gasteiger partial charge in [0.1, 0.15) is 42.3 Å². The van der Waals surface area contributed by atoms with E-state index in [2.05, 4.69) is 68.2 Å². The fraction of sp³-hybridized carbons (Fsp3) is 0.700. The number of nitriles is 1. The van der Waals surface area contributed by atoms with Gasteiger partial charge < -0.3 is 35.9 Å². The largest absolute Gasteiger partial charge is 0.387 e. The van der Waals surface area contributed by atoms with Crippen LogP contribution in [-0.4, -0.2) is 84.4 Å². The molecule has 5 aliphatic rings. The van der Waals surface area contributed by atoms with Crippen molar-refractivity contribution in [1.29, 1.82) is 5.26 Å². The molecule has 280 valence electrons. The van der Waals surface area contributed by atoms with Crippen molar-refractivity contribution in [2.75, 3.05) is 22.5 Å². The summed E-state index contributed by atoms with van der Waals surface area (Å²) in [6.07, 6.45) is 14.6. The van der Waals surface area contributed by atoms with Crippen LogP contribution in [0.3, 0.4) is 0 Å². The Labute approximate surface area is 307 Å². The number of aryl methyl sites for hydroxylation is 1. The molecular weight excluding hydrogens is 655 g/mol. The number of aliphatic hydroxyl groups excluding tert-OH is 2. The molecule has 1 unspecified atom stereocenters. The van der Waals surface area contributed by atoms with Crippen molar-refractivity contribution >= 4 is 28.4 Å². The van der Waals surface area contributed by atoms with Crippen LogP contribution < -0.4 is 16.0 Å². The second kappa shape index (κ2) is 14.7. The molecule has 1 aromatic carbocycles. The molecule has 12 nitrogen and oxygen atoms in total. The summed E-state index contributed by atoms with van der Waals surface area (Å²) in [5.74, 6) is 2.98. The molecule has 3 aliphatic carbocycles. The number of ether oxygens (including phenoxy) is 1. The Morgan fingerprint density at radius 2 is 1.81 bits per heavy atom. The Kier molecular flexibility index (Phi) is 10.1. The predicted molar refractivity (Wildman–Crippen MR) is 201 cm³/mol. The molecule has 8 rings (SSSR count). The van der Waals surface area contributed by atoms with Crippen molar-refractivity contribution in [3.05, 3.63) is 35.9 Å². The first-order valence-corrected chi connectivity index (χ1v) is 20.1. The van der Waals surface area contributed by atoms with E-state index >= 15 is 0 Å². The molecule has 0 radical (unpaired) electrons. The highest BCUT2D eigenvalue weighted by Crippen LogP contribution is 2.46. The molecular formula is C40H57N9O3. The number of nitrogens with one attached hydrogen (secondary N) is 2. The smallest absolute Gasteiger partial charge is 0.162 e. The minimum absolute atomic E-state index is 0.142.